The molecule has 0 radical (unpaired) electrons. The Labute approximate surface area is 125 Å². The summed E-state index contributed by atoms with van der Waals surface area (Å²) < 4.78 is 2.03. The molecule has 20 heavy (non-hydrogen) atoms. The molecule has 0 unspecified atom stereocenters. The van der Waals surface area contributed by atoms with Crippen molar-refractivity contribution in [2.45, 2.75) is 38.4 Å². The van der Waals surface area contributed by atoms with E-state index >= 15 is 0 Å². The number of nitrogens with zero attached hydrogens (tertiary/aromatic N) is 3. The van der Waals surface area contributed by atoms with Crippen LogP contribution in [0.4, 0.5) is 5.69 Å². The quantitative estimate of drug-likeness (QED) is 0.829. The van der Waals surface area contributed by atoms with Crippen molar-refractivity contribution in [2.24, 2.45) is 7.05 Å². The Kier molecular flexibility index (Phi) is 5.06. The molecule has 1 N–H and O–H groups in total. The van der Waals surface area contributed by atoms with Gasteiger partial charge in [0.15, 0.2) is 11.0 Å². The van der Waals surface area contributed by atoms with E-state index in [-0.39, 0.29) is 0 Å². The lowest BCUT2D eigenvalue weighted by Gasteiger charge is -2.12. The number of aryl methyl sites for hydroxylation is 2. The van der Waals surface area contributed by atoms with Crippen LogP contribution in [0.2, 0.25) is 0 Å². The number of benzene rings is 1. The van der Waals surface area contributed by atoms with Gasteiger partial charge in [0.05, 0.1) is 6.54 Å². The Morgan fingerprint density at radius 1 is 1.20 bits per heavy atom. The molecule has 0 spiro atoms. The summed E-state index contributed by atoms with van der Waals surface area (Å²) in [7, 11) is 2.01. The normalized spacial score (nSPS) is 10.8. The Bertz CT molecular complexity index is 577. The first-order valence-corrected chi connectivity index (χ1v) is 8.20. The predicted molar refractivity (Wildman–Crippen MR) is 85.3 cm³/mol. The van der Waals surface area contributed by atoms with E-state index in [1.54, 1.807) is 11.8 Å². The number of thioether (sulfide) groups is 1. The van der Waals surface area contributed by atoms with Crippen LogP contribution in [-0.2, 0) is 26.4 Å². The highest BCUT2D eigenvalue weighted by Gasteiger charge is 2.08. The van der Waals surface area contributed by atoms with Gasteiger partial charge in [0.25, 0.3) is 0 Å². The van der Waals surface area contributed by atoms with Crippen LogP contribution in [-0.4, -0.2) is 21.0 Å². The average molecular weight is 290 g/mol. The lowest BCUT2D eigenvalue weighted by atomic mass is 10.1. The molecule has 1 heterocycles. The average Bonchev–Trinajstić information content (AvgIpc) is 2.85. The van der Waals surface area contributed by atoms with Crippen molar-refractivity contribution in [2.75, 3.05) is 11.6 Å². The molecule has 2 aromatic rings. The molecule has 0 atom stereocenters. The second-order valence-electron chi connectivity index (χ2n) is 4.71. The molecular weight excluding hydrogens is 268 g/mol. The van der Waals surface area contributed by atoms with Gasteiger partial charge in [-0.15, -0.1) is 10.2 Å². The van der Waals surface area contributed by atoms with Crippen LogP contribution in [0.25, 0.3) is 0 Å². The van der Waals surface area contributed by atoms with E-state index in [1.165, 1.54) is 16.8 Å². The summed E-state index contributed by atoms with van der Waals surface area (Å²) in [4.78, 5) is 0. The van der Waals surface area contributed by atoms with E-state index in [1.807, 2.05) is 17.9 Å². The standard InChI is InChI=1S/C15H22N4S/c1-5-11-7-8-12(6-2)13(9-11)16-10-14-17-18-15(20-4)19(14)3/h7-9,16H,5-6,10H2,1-4H3. The van der Waals surface area contributed by atoms with Gasteiger partial charge in [0, 0.05) is 12.7 Å². The van der Waals surface area contributed by atoms with Crippen LogP contribution in [0.3, 0.4) is 0 Å². The van der Waals surface area contributed by atoms with Crippen LogP contribution in [0, 0.1) is 0 Å². The molecule has 0 saturated heterocycles. The van der Waals surface area contributed by atoms with Gasteiger partial charge in [0.2, 0.25) is 0 Å². The Morgan fingerprint density at radius 2 is 2.00 bits per heavy atom. The molecule has 2 rings (SSSR count). The first-order valence-electron chi connectivity index (χ1n) is 6.97. The van der Waals surface area contributed by atoms with E-state index in [9.17, 15) is 0 Å². The smallest absolute Gasteiger partial charge is 0.190 e. The van der Waals surface area contributed by atoms with Crippen molar-refractivity contribution in [1.82, 2.24) is 14.8 Å². The molecular formula is C15H22N4S. The minimum atomic E-state index is 0.699. The Balaban J connectivity index is 2.15. The van der Waals surface area contributed by atoms with Crippen LogP contribution in [0.15, 0.2) is 23.4 Å². The fraction of sp³-hybridized carbons (Fsp3) is 0.467. The topological polar surface area (TPSA) is 42.7 Å². The second kappa shape index (κ2) is 6.79. The lowest BCUT2D eigenvalue weighted by molar-refractivity contribution is 0.745. The number of aromatic nitrogens is 3. The van der Waals surface area contributed by atoms with Crippen molar-refractivity contribution in [1.29, 1.82) is 0 Å². The number of anilines is 1. The van der Waals surface area contributed by atoms with Crippen LogP contribution in [0.1, 0.15) is 30.8 Å². The largest absolute Gasteiger partial charge is 0.378 e. The van der Waals surface area contributed by atoms with E-state index < -0.39 is 0 Å². The highest BCUT2D eigenvalue weighted by Crippen LogP contribution is 2.20. The molecule has 0 fully saturated rings. The maximum absolute atomic E-state index is 4.23. The molecule has 0 bridgehead atoms. The van der Waals surface area contributed by atoms with Crippen molar-refractivity contribution in [3.63, 3.8) is 0 Å². The molecule has 0 aliphatic rings. The van der Waals surface area contributed by atoms with Gasteiger partial charge in [-0.25, -0.2) is 0 Å². The maximum Gasteiger partial charge on any atom is 0.190 e. The zero-order valence-electron chi connectivity index (χ0n) is 12.6. The zero-order valence-corrected chi connectivity index (χ0v) is 13.4. The monoisotopic (exact) mass is 290 g/mol. The fourth-order valence-corrected chi connectivity index (χ4v) is 2.67. The van der Waals surface area contributed by atoms with Crippen molar-refractivity contribution in [3.8, 4) is 0 Å². The third-order valence-electron chi connectivity index (χ3n) is 3.51. The summed E-state index contributed by atoms with van der Waals surface area (Å²) in [6, 6.07) is 6.66. The maximum atomic E-state index is 4.23. The first-order chi connectivity index (χ1) is 9.69. The summed E-state index contributed by atoms with van der Waals surface area (Å²) in [6.45, 7) is 5.06. The molecule has 1 aromatic heterocycles. The minimum Gasteiger partial charge on any atom is -0.378 e. The third kappa shape index (κ3) is 3.15. The predicted octanol–water partition coefficient (Wildman–Crippen LogP) is 3.27. The summed E-state index contributed by atoms with van der Waals surface area (Å²) in [6.07, 6.45) is 4.10. The van der Waals surface area contributed by atoms with E-state index in [4.69, 9.17) is 0 Å². The highest BCUT2D eigenvalue weighted by atomic mass is 32.2. The van der Waals surface area contributed by atoms with Crippen LogP contribution >= 0.6 is 11.8 Å². The summed E-state index contributed by atoms with van der Waals surface area (Å²) in [5, 5.41) is 12.8. The van der Waals surface area contributed by atoms with Gasteiger partial charge in [0.1, 0.15) is 0 Å². The van der Waals surface area contributed by atoms with Gasteiger partial charge in [-0.05, 0) is 36.3 Å². The summed E-state index contributed by atoms with van der Waals surface area (Å²) in [5.41, 5.74) is 3.91. The first kappa shape index (κ1) is 14.9. The van der Waals surface area contributed by atoms with Gasteiger partial charge < -0.3 is 9.88 Å². The van der Waals surface area contributed by atoms with Gasteiger partial charge >= 0.3 is 0 Å². The number of hydrogen-bond acceptors (Lipinski definition) is 4. The lowest BCUT2D eigenvalue weighted by Crippen LogP contribution is -2.08. The molecule has 108 valence electrons. The summed E-state index contributed by atoms with van der Waals surface area (Å²) in [5.74, 6) is 0.957. The molecule has 5 heteroatoms. The van der Waals surface area contributed by atoms with Crippen molar-refractivity contribution < 1.29 is 0 Å². The Hall–Kier alpha value is -1.49. The Morgan fingerprint density at radius 3 is 2.60 bits per heavy atom. The van der Waals surface area contributed by atoms with Crippen molar-refractivity contribution >= 4 is 17.4 Å². The number of nitrogens with one attached hydrogen (secondary N) is 1. The summed E-state index contributed by atoms with van der Waals surface area (Å²) >= 11 is 1.61. The minimum absolute atomic E-state index is 0.699. The molecule has 0 aliphatic carbocycles. The zero-order chi connectivity index (χ0) is 14.5. The SMILES string of the molecule is CCc1ccc(CC)c(NCc2nnc(SC)n2C)c1. The second-order valence-corrected chi connectivity index (χ2v) is 5.49. The number of hydrogen-bond donors (Lipinski definition) is 1. The van der Waals surface area contributed by atoms with E-state index in [2.05, 4.69) is 47.6 Å². The van der Waals surface area contributed by atoms with Crippen molar-refractivity contribution in [3.05, 3.63) is 35.2 Å². The fourth-order valence-electron chi connectivity index (χ4n) is 2.17. The van der Waals surface area contributed by atoms with Gasteiger partial charge in [-0.1, -0.05) is 37.7 Å². The van der Waals surface area contributed by atoms with Gasteiger partial charge in [-0.2, -0.15) is 0 Å². The van der Waals surface area contributed by atoms with Crippen LogP contribution in [0.5, 0.6) is 0 Å². The molecule has 1 aromatic carbocycles. The number of rotatable bonds is 6. The molecule has 0 amide bonds. The third-order valence-corrected chi connectivity index (χ3v) is 4.23. The molecule has 4 nitrogen and oxygen atoms in total. The molecule has 0 aliphatic heterocycles. The van der Waals surface area contributed by atoms with E-state index in [0.29, 0.717) is 6.54 Å². The van der Waals surface area contributed by atoms with Gasteiger partial charge in [-0.3, -0.25) is 0 Å². The molecule has 0 saturated carbocycles. The highest BCUT2D eigenvalue weighted by molar-refractivity contribution is 7.98. The van der Waals surface area contributed by atoms with E-state index in [0.717, 1.165) is 23.8 Å². The van der Waals surface area contributed by atoms with Crippen LogP contribution < -0.4 is 5.32 Å².